The Balaban J connectivity index is 1.97. The van der Waals surface area contributed by atoms with Crippen molar-refractivity contribution in [1.82, 2.24) is 9.88 Å². The van der Waals surface area contributed by atoms with Gasteiger partial charge in [0.1, 0.15) is 11.9 Å². The zero-order valence-corrected chi connectivity index (χ0v) is 11.1. The van der Waals surface area contributed by atoms with Gasteiger partial charge in [0.05, 0.1) is 11.2 Å². The SMILES string of the molecule is Cc1c(OC2CCCNC2)c2ccccc2n1C. The Labute approximate surface area is 108 Å². The molecule has 1 unspecified atom stereocenters. The molecular formula is C15H20N2O. The fourth-order valence-electron chi connectivity index (χ4n) is 2.72. The molecule has 2 aromatic rings. The second-order valence-electron chi connectivity index (χ2n) is 5.08. The van der Waals surface area contributed by atoms with Crippen LogP contribution in [0, 0.1) is 6.92 Å². The lowest BCUT2D eigenvalue weighted by molar-refractivity contribution is 0.168. The van der Waals surface area contributed by atoms with Gasteiger partial charge in [-0.05, 0) is 38.4 Å². The summed E-state index contributed by atoms with van der Waals surface area (Å²) in [4.78, 5) is 0. The van der Waals surface area contributed by atoms with Gasteiger partial charge < -0.3 is 14.6 Å². The van der Waals surface area contributed by atoms with Crippen LogP contribution in [0.1, 0.15) is 18.5 Å². The van der Waals surface area contributed by atoms with E-state index < -0.39 is 0 Å². The maximum atomic E-state index is 6.24. The van der Waals surface area contributed by atoms with E-state index in [1.807, 2.05) is 0 Å². The van der Waals surface area contributed by atoms with Crippen LogP contribution in [0.15, 0.2) is 24.3 Å². The van der Waals surface area contributed by atoms with Gasteiger partial charge in [-0.25, -0.2) is 0 Å². The number of aromatic nitrogens is 1. The molecule has 1 aromatic carbocycles. The van der Waals surface area contributed by atoms with Crippen molar-refractivity contribution in [3.8, 4) is 5.75 Å². The van der Waals surface area contributed by atoms with Crippen molar-refractivity contribution in [3.63, 3.8) is 0 Å². The Morgan fingerprint density at radius 3 is 2.94 bits per heavy atom. The minimum absolute atomic E-state index is 0.309. The number of rotatable bonds is 2. The topological polar surface area (TPSA) is 26.2 Å². The quantitative estimate of drug-likeness (QED) is 0.879. The van der Waals surface area contributed by atoms with E-state index in [4.69, 9.17) is 4.74 Å². The summed E-state index contributed by atoms with van der Waals surface area (Å²) in [6.07, 6.45) is 2.66. The molecule has 1 aliphatic heterocycles. The molecule has 0 aliphatic carbocycles. The molecule has 18 heavy (non-hydrogen) atoms. The van der Waals surface area contributed by atoms with Crippen LogP contribution in [0.25, 0.3) is 10.9 Å². The molecule has 3 nitrogen and oxygen atoms in total. The number of benzene rings is 1. The van der Waals surface area contributed by atoms with Crippen LogP contribution in [-0.4, -0.2) is 23.8 Å². The molecule has 3 rings (SSSR count). The lowest BCUT2D eigenvalue weighted by Gasteiger charge is -2.24. The summed E-state index contributed by atoms with van der Waals surface area (Å²) in [6.45, 7) is 4.21. The third-order valence-corrected chi connectivity index (χ3v) is 3.88. The van der Waals surface area contributed by atoms with Crippen molar-refractivity contribution in [2.24, 2.45) is 7.05 Å². The first kappa shape index (κ1) is 11.6. The summed E-state index contributed by atoms with van der Waals surface area (Å²) >= 11 is 0. The third-order valence-electron chi connectivity index (χ3n) is 3.88. The minimum atomic E-state index is 0.309. The third kappa shape index (κ3) is 1.89. The highest BCUT2D eigenvalue weighted by Crippen LogP contribution is 2.33. The zero-order chi connectivity index (χ0) is 12.5. The van der Waals surface area contributed by atoms with Gasteiger partial charge in [0.2, 0.25) is 0 Å². The molecule has 1 aromatic heterocycles. The Hall–Kier alpha value is -1.48. The molecule has 3 heteroatoms. The zero-order valence-electron chi connectivity index (χ0n) is 11.1. The molecule has 0 saturated carbocycles. The van der Waals surface area contributed by atoms with Gasteiger partial charge >= 0.3 is 0 Å². The van der Waals surface area contributed by atoms with Crippen molar-refractivity contribution in [2.45, 2.75) is 25.9 Å². The van der Waals surface area contributed by atoms with E-state index >= 15 is 0 Å². The number of hydrogen-bond acceptors (Lipinski definition) is 2. The predicted molar refractivity (Wildman–Crippen MR) is 74.2 cm³/mol. The van der Waals surface area contributed by atoms with Gasteiger partial charge in [-0.1, -0.05) is 12.1 Å². The Morgan fingerprint density at radius 2 is 2.17 bits per heavy atom. The highest BCUT2D eigenvalue weighted by molar-refractivity contribution is 5.88. The normalized spacial score (nSPS) is 20.2. The molecule has 1 aliphatic rings. The fourth-order valence-corrected chi connectivity index (χ4v) is 2.72. The first-order valence-corrected chi connectivity index (χ1v) is 6.69. The lowest BCUT2D eigenvalue weighted by Crippen LogP contribution is -2.37. The van der Waals surface area contributed by atoms with E-state index in [2.05, 4.69) is 48.1 Å². The van der Waals surface area contributed by atoms with Crippen molar-refractivity contribution >= 4 is 10.9 Å². The van der Waals surface area contributed by atoms with Crippen LogP contribution in [0.2, 0.25) is 0 Å². The first-order valence-electron chi connectivity index (χ1n) is 6.69. The second kappa shape index (κ2) is 4.65. The number of para-hydroxylation sites is 1. The maximum absolute atomic E-state index is 6.24. The van der Waals surface area contributed by atoms with Gasteiger partial charge in [-0.15, -0.1) is 0 Å². The largest absolute Gasteiger partial charge is 0.487 e. The van der Waals surface area contributed by atoms with Gasteiger partial charge in [0.25, 0.3) is 0 Å². The van der Waals surface area contributed by atoms with Crippen LogP contribution in [0.4, 0.5) is 0 Å². The summed E-state index contributed by atoms with van der Waals surface area (Å²) in [6, 6.07) is 8.45. The highest BCUT2D eigenvalue weighted by Gasteiger charge is 2.19. The molecule has 0 spiro atoms. The second-order valence-corrected chi connectivity index (χ2v) is 5.08. The van der Waals surface area contributed by atoms with Crippen LogP contribution in [-0.2, 0) is 7.05 Å². The van der Waals surface area contributed by atoms with E-state index in [1.165, 1.54) is 23.0 Å². The van der Waals surface area contributed by atoms with E-state index in [-0.39, 0.29) is 0 Å². The number of nitrogens with zero attached hydrogens (tertiary/aromatic N) is 1. The average molecular weight is 244 g/mol. The summed E-state index contributed by atoms with van der Waals surface area (Å²) in [5.74, 6) is 1.06. The van der Waals surface area contributed by atoms with E-state index in [0.29, 0.717) is 6.10 Å². The van der Waals surface area contributed by atoms with E-state index in [0.717, 1.165) is 25.3 Å². The number of piperidine rings is 1. The lowest BCUT2D eigenvalue weighted by atomic mass is 10.1. The molecule has 0 bridgehead atoms. The smallest absolute Gasteiger partial charge is 0.148 e. The predicted octanol–water partition coefficient (Wildman–Crippen LogP) is 2.62. The number of nitrogens with one attached hydrogen (secondary N) is 1. The van der Waals surface area contributed by atoms with Crippen LogP contribution in [0.3, 0.4) is 0 Å². The van der Waals surface area contributed by atoms with Crippen molar-refractivity contribution in [1.29, 1.82) is 0 Å². The Kier molecular flexibility index (Phi) is 3.00. The van der Waals surface area contributed by atoms with Gasteiger partial charge in [0, 0.05) is 19.0 Å². The first-order chi connectivity index (χ1) is 8.77. The van der Waals surface area contributed by atoms with Crippen LogP contribution >= 0.6 is 0 Å². The number of hydrogen-bond donors (Lipinski definition) is 1. The number of aryl methyl sites for hydroxylation is 1. The molecule has 2 heterocycles. The summed E-state index contributed by atoms with van der Waals surface area (Å²) in [7, 11) is 2.10. The summed E-state index contributed by atoms with van der Waals surface area (Å²) < 4.78 is 8.45. The van der Waals surface area contributed by atoms with Crippen molar-refractivity contribution in [3.05, 3.63) is 30.0 Å². The van der Waals surface area contributed by atoms with Gasteiger partial charge in [0.15, 0.2) is 0 Å². The number of fused-ring (bicyclic) bond motifs is 1. The standard InChI is InChI=1S/C15H20N2O/c1-11-15(18-12-6-5-9-16-10-12)13-7-3-4-8-14(13)17(11)2/h3-4,7-8,12,16H,5-6,9-10H2,1-2H3. The van der Waals surface area contributed by atoms with Crippen LogP contribution in [0.5, 0.6) is 5.75 Å². The summed E-state index contributed by atoms with van der Waals surface area (Å²) in [5.41, 5.74) is 2.45. The molecule has 0 radical (unpaired) electrons. The fraction of sp³-hybridized carbons (Fsp3) is 0.467. The Bertz CT molecular complexity index is 553. The highest BCUT2D eigenvalue weighted by atomic mass is 16.5. The number of ether oxygens (including phenoxy) is 1. The molecule has 1 saturated heterocycles. The van der Waals surface area contributed by atoms with E-state index in [9.17, 15) is 0 Å². The van der Waals surface area contributed by atoms with Gasteiger partial charge in [-0.2, -0.15) is 0 Å². The molecule has 1 fully saturated rings. The van der Waals surface area contributed by atoms with E-state index in [1.54, 1.807) is 0 Å². The van der Waals surface area contributed by atoms with Crippen LogP contribution < -0.4 is 10.1 Å². The minimum Gasteiger partial charge on any atom is -0.487 e. The monoisotopic (exact) mass is 244 g/mol. The molecule has 0 amide bonds. The molecule has 96 valence electrons. The molecule has 1 N–H and O–H groups in total. The molecule has 1 atom stereocenters. The molecular weight excluding hydrogens is 224 g/mol. The Morgan fingerprint density at radius 1 is 1.33 bits per heavy atom. The van der Waals surface area contributed by atoms with Crippen molar-refractivity contribution in [2.75, 3.05) is 13.1 Å². The average Bonchev–Trinajstić information content (AvgIpc) is 2.66. The van der Waals surface area contributed by atoms with Crippen molar-refractivity contribution < 1.29 is 4.74 Å². The summed E-state index contributed by atoms with van der Waals surface area (Å²) in [5, 5.41) is 4.62. The maximum Gasteiger partial charge on any atom is 0.148 e. The van der Waals surface area contributed by atoms with Gasteiger partial charge in [-0.3, -0.25) is 0 Å².